The van der Waals surface area contributed by atoms with E-state index in [1.165, 1.54) is 114 Å². The molecule has 6 heterocycles. The molecule has 0 saturated carbocycles. The summed E-state index contributed by atoms with van der Waals surface area (Å²) >= 11 is 0. The van der Waals surface area contributed by atoms with Crippen LogP contribution in [0.2, 0.25) is 0 Å². The largest absolute Gasteiger partial charge is 0.344 e. The average Bonchev–Trinajstić information content (AvgIpc) is 1.52. The van der Waals surface area contributed by atoms with Gasteiger partial charge >= 0.3 is 0 Å². The van der Waals surface area contributed by atoms with E-state index in [4.69, 9.17) is 34.9 Å². The van der Waals surface area contributed by atoms with Crippen LogP contribution < -0.4 is 0 Å². The van der Waals surface area contributed by atoms with Gasteiger partial charge in [0.15, 0.2) is 34.9 Å². The van der Waals surface area contributed by atoms with Crippen molar-refractivity contribution in [1.29, 1.82) is 0 Å². The van der Waals surface area contributed by atoms with Crippen molar-refractivity contribution in [3.8, 4) is 125 Å². The van der Waals surface area contributed by atoms with Gasteiger partial charge < -0.3 is 4.57 Å². The first-order valence-electron chi connectivity index (χ1n) is 47.8. The second-order valence-corrected chi connectivity index (χ2v) is 35.5. The molecule has 666 valence electrons. The molecule has 28 rings (SSSR count). The third-order valence-electron chi connectivity index (χ3n) is 27.1. The number of rotatable bonds is 12. The third kappa shape index (κ3) is 15.9. The van der Waals surface area contributed by atoms with Gasteiger partial charge in [0.2, 0.25) is 11.9 Å². The van der Waals surface area contributed by atoms with Gasteiger partial charge in [0.05, 0.1) is 22.1 Å². The summed E-state index contributed by atoms with van der Waals surface area (Å²) < 4.78 is 6.56. The maximum absolute atomic E-state index is 5.17. The topological polar surface area (TPSA) is 131 Å². The van der Waals surface area contributed by atoms with Crippen molar-refractivity contribution in [3.63, 3.8) is 0 Å². The zero-order valence-corrected chi connectivity index (χ0v) is 77.3. The zero-order chi connectivity index (χ0) is 94.3. The molecule has 0 spiro atoms. The molecule has 142 heavy (non-hydrogen) atoms. The number of para-hydroxylation sites is 6. The van der Waals surface area contributed by atoms with Gasteiger partial charge in [-0.1, -0.05) is 425 Å². The first-order valence-corrected chi connectivity index (χ1v) is 47.8. The van der Waals surface area contributed by atoms with Crippen molar-refractivity contribution in [2.75, 3.05) is 0 Å². The second kappa shape index (κ2) is 36.8. The van der Waals surface area contributed by atoms with Gasteiger partial charge in [-0.15, -0.1) is 0 Å². The summed E-state index contributed by atoms with van der Waals surface area (Å²) in [5, 5.41) is 22.3. The standard InChI is InChI=1S/C45H28N4.C39H24N4.C33H23N3.C13H11N/c1-2-13-29(14-3-1)43-46-44(48-45(47-43)49-41-23-10-8-21-38(41)39-22-9-11-24-42(39)49)32-16-12-15-30(27-32)31-25-26-37-35-19-5-4-17-33(35)34-18-6-7-20-36(34)40(37)28-31;1-2-12-25(13-3-1)37-40-38(42-39(41-37)43-35-20-10-8-18-32(35)33-19-9-11-21-36(33)43)26-22-23-31-29-16-5-4-14-27(29)28-15-6-7-17-30(28)34(31)24-26;1-4-10-24(11-5-1)27-16-18-28(19-17-27)32-34-23-35-33(36-32)31-21-29(25-12-6-2-7-13-25)20-30(22-31)26-14-8-3-9-15-26;1-14-12-8-4-2-6-10(12)11-7-3-5-9-13(11)14/h1-28H;1-24H;1-23H;2-9H,1H3. The minimum atomic E-state index is 0.593. The molecule has 12 heteroatoms. The zero-order valence-electron chi connectivity index (χ0n) is 77.3. The van der Waals surface area contributed by atoms with E-state index in [0.717, 1.165) is 94.4 Å². The molecule has 0 fully saturated rings. The highest BCUT2D eigenvalue weighted by Crippen LogP contribution is 2.43. The van der Waals surface area contributed by atoms with Crippen LogP contribution in [0.15, 0.2) is 504 Å². The molecule has 0 aliphatic carbocycles. The summed E-state index contributed by atoms with van der Waals surface area (Å²) in [6, 6.07) is 174. The molecule has 6 aromatic heterocycles. The van der Waals surface area contributed by atoms with Gasteiger partial charge in [-0.3, -0.25) is 9.13 Å². The van der Waals surface area contributed by atoms with Gasteiger partial charge in [0.25, 0.3) is 0 Å². The Morgan fingerprint density at radius 3 is 0.725 bits per heavy atom. The lowest BCUT2D eigenvalue weighted by Crippen LogP contribution is -2.06. The molecule has 0 radical (unpaired) electrons. The van der Waals surface area contributed by atoms with Gasteiger partial charge in [-0.05, 0) is 182 Å². The fourth-order valence-electron chi connectivity index (χ4n) is 20.4. The lowest BCUT2D eigenvalue weighted by Gasteiger charge is -2.13. The van der Waals surface area contributed by atoms with Crippen LogP contribution in [-0.4, -0.2) is 58.6 Å². The van der Waals surface area contributed by atoms with E-state index in [2.05, 4.69) is 461 Å². The number of benzene rings is 22. The number of aromatic nitrogens is 12. The van der Waals surface area contributed by atoms with E-state index in [1.807, 2.05) is 66.7 Å². The van der Waals surface area contributed by atoms with E-state index in [9.17, 15) is 0 Å². The average molecular weight is 1820 g/mol. The normalized spacial score (nSPS) is 11.4. The number of fused-ring (bicyclic) bond motifs is 21. The summed E-state index contributed by atoms with van der Waals surface area (Å²) in [6.07, 6.45) is 1.60. The number of hydrogen-bond donors (Lipinski definition) is 0. The van der Waals surface area contributed by atoms with Crippen LogP contribution in [0.5, 0.6) is 0 Å². The molecule has 0 bridgehead atoms. The molecule has 22 aromatic carbocycles. The Hall–Kier alpha value is -19.2. The number of hydrogen-bond acceptors (Lipinski definition) is 9. The van der Waals surface area contributed by atoms with Crippen LogP contribution in [0, 0.1) is 0 Å². The SMILES string of the molecule is Cn1c2ccccc2c2ccccc21.c1ccc(-c2ccc(-c3ncnc(-c4cc(-c5ccccc5)cc(-c5ccccc5)c4)n3)cc2)cc1.c1ccc(-c2nc(-c3ccc4c5ccccc5c5ccccc5c4c3)nc(-n3c4ccccc4c4ccccc43)n2)cc1.c1ccc(-c2nc(-c3cccc(-c4ccc5c6ccccc6c6ccccc6c5c4)c3)nc(-n3c4ccccc4c4ccccc43)n2)cc1. The van der Waals surface area contributed by atoms with Crippen LogP contribution in [0.25, 0.3) is 255 Å². The Morgan fingerprint density at radius 1 is 0.134 bits per heavy atom. The number of aryl methyl sites for hydroxylation is 1. The van der Waals surface area contributed by atoms with Crippen molar-refractivity contribution < 1.29 is 0 Å². The van der Waals surface area contributed by atoms with E-state index >= 15 is 0 Å². The third-order valence-corrected chi connectivity index (χ3v) is 27.1. The monoisotopic (exact) mass is 1810 g/mol. The van der Waals surface area contributed by atoms with E-state index in [-0.39, 0.29) is 0 Å². The predicted octanol–water partition coefficient (Wildman–Crippen LogP) is 32.7. The minimum absolute atomic E-state index is 0.593. The molecule has 0 unspecified atom stereocenters. The van der Waals surface area contributed by atoms with Crippen LogP contribution >= 0.6 is 0 Å². The predicted molar refractivity (Wildman–Crippen MR) is 588 cm³/mol. The fraction of sp³-hybridized carbons (Fsp3) is 0.00769. The van der Waals surface area contributed by atoms with Gasteiger partial charge in [-0.2, -0.15) is 19.9 Å². The molecule has 12 nitrogen and oxygen atoms in total. The highest BCUT2D eigenvalue weighted by atomic mass is 15.2. The second-order valence-electron chi connectivity index (χ2n) is 35.5. The molecular weight excluding hydrogens is 1730 g/mol. The van der Waals surface area contributed by atoms with E-state index < -0.39 is 0 Å². The van der Waals surface area contributed by atoms with Crippen molar-refractivity contribution in [2.45, 2.75) is 0 Å². The van der Waals surface area contributed by atoms with Crippen LogP contribution in [0.1, 0.15) is 0 Å². The summed E-state index contributed by atoms with van der Waals surface area (Å²) in [6.45, 7) is 0. The number of nitrogens with zero attached hydrogens (tertiary/aromatic N) is 12. The summed E-state index contributed by atoms with van der Waals surface area (Å²) in [4.78, 5) is 44.5. The van der Waals surface area contributed by atoms with E-state index in [1.54, 1.807) is 6.33 Å². The Kier molecular flexibility index (Phi) is 21.9. The molecule has 0 atom stereocenters. The van der Waals surface area contributed by atoms with Crippen molar-refractivity contribution in [3.05, 3.63) is 504 Å². The molecule has 0 aliphatic heterocycles. The molecule has 28 aromatic rings. The maximum Gasteiger partial charge on any atom is 0.238 e. The quantitative estimate of drug-likeness (QED) is 0.110. The Bertz CT molecular complexity index is 9400. The Morgan fingerprint density at radius 2 is 0.345 bits per heavy atom. The molecule has 0 saturated heterocycles. The minimum Gasteiger partial charge on any atom is -0.344 e. The lowest BCUT2D eigenvalue weighted by atomic mass is 9.92. The highest BCUT2D eigenvalue weighted by Gasteiger charge is 2.24. The summed E-state index contributed by atoms with van der Waals surface area (Å²) in [7, 11) is 2.12. The smallest absolute Gasteiger partial charge is 0.238 e. The molecule has 0 amide bonds. The highest BCUT2D eigenvalue weighted by molar-refractivity contribution is 6.27. The first-order chi connectivity index (χ1) is 70.3. The van der Waals surface area contributed by atoms with Crippen molar-refractivity contribution in [1.82, 2.24) is 58.6 Å². The van der Waals surface area contributed by atoms with Crippen molar-refractivity contribution in [2.24, 2.45) is 7.05 Å². The first kappa shape index (κ1) is 84.6. The maximum atomic E-state index is 5.17. The lowest BCUT2D eigenvalue weighted by molar-refractivity contribution is 0.953. The Labute approximate surface area is 818 Å². The van der Waals surface area contributed by atoms with Gasteiger partial charge in [-0.25, -0.2) is 24.9 Å². The van der Waals surface area contributed by atoms with Crippen LogP contribution in [-0.2, 0) is 7.05 Å². The van der Waals surface area contributed by atoms with Crippen molar-refractivity contribution >= 4 is 130 Å². The molecular formula is C130H86N12. The van der Waals surface area contributed by atoms with E-state index in [0.29, 0.717) is 46.8 Å². The summed E-state index contributed by atoms with van der Waals surface area (Å²) in [5.41, 5.74) is 21.7. The molecule has 0 aliphatic rings. The van der Waals surface area contributed by atoms with Crippen LogP contribution in [0.4, 0.5) is 0 Å². The summed E-state index contributed by atoms with van der Waals surface area (Å²) in [5.74, 6) is 5.06. The fourth-order valence-corrected chi connectivity index (χ4v) is 20.4. The van der Waals surface area contributed by atoms with Crippen LogP contribution in [0.3, 0.4) is 0 Å². The van der Waals surface area contributed by atoms with Gasteiger partial charge in [0, 0.05) is 83.8 Å². The van der Waals surface area contributed by atoms with Gasteiger partial charge in [0.1, 0.15) is 6.33 Å². The molecule has 0 N–H and O–H groups in total. The Balaban J connectivity index is 0.000000105.